The Morgan fingerprint density at radius 3 is 2.03 bits per heavy atom. The maximum atomic E-state index is 13.1. The third kappa shape index (κ3) is 6.84. The lowest BCUT2D eigenvalue weighted by atomic mass is 10.2. The van der Waals surface area contributed by atoms with E-state index in [1.165, 1.54) is 14.2 Å². The summed E-state index contributed by atoms with van der Waals surface area (Å²) >= 11 is 5.15. The summed E-state index contributed by atoms with van der Waals surface area (Å²) in [5.41, 5.74) is -0.0460. The summed E-state index contributed by atoms with van der Waals surface area (Å²) in [7, 11) is 2.91. The fourth-order valence-corrected chi connectivity index (χ4v) is 2.50. The first kappa shape index (κ1) is 23.9. The molecule has 2 rings (SSSR count). The number of alkyl halides is 4. The second kappa shape index (κ2) is 10.1. The van der Waals surface area contributed by atoms with E-state index >= 15 is 0 Å². The second-order valence-corrected chi connectivity index (χ2v) is 6.41. The van der Waals surface area contributed by atoms with Gasteiger partial charge in [0.05, 0.1) is 30.9 Å². The predicted molar refractivity (Wildman–Crippen MR) is 109 cm³/mol. The van der Waals surface area contributed by atoms with Gasteiger partial charge in [-0.25, -0.2) is 8.78 Å². The van der Waals surface area contributed by atoms with Crippen molar-refractivity contribution in [3.63, 3.8) is 0 Å². The minimum atomic E-state index is -4.42. The van der Waals surface area contributed by atoms with Crippen LogP contribution in [0.5, 0.6) is 17.2 Å². The highest BCUT2D eigenvalue weighted by Gasteiger charge is 2.41. The number of benzene rings is 2. The maximum Gasteiger partial charge on any atom is 0.340 e. The number of rotatable bonds is 9. The highest BCUT2D eigenvalue weighted by atomic mass is 32.1. The van der Waals surface area contributed by atoms with E-state index in [1.54, 1.807) is 18.2 Å². The number of nitro benzene ring substituents is 1. The molecular formula is C18H17F4N3O5S. The number of hydrogen-bond donors (Lipinski definition) is 2. The number of ether oxygens (including phenoxy) is 3. The van der Waals surface area contributed by atoms with Gasteiger partial charge in [-0.2, -0.15) is 8.78 Å². The van der Waals surface area contributed by atoms with E-state index in [0.29, 0.717) is 17.2 Å². The molecule has 0 radical (unpaired) electrons. The zero-order valence-electron chi connectivity index (χ0n) is 16.2. The number of nitrogens with one attached hydrogen (secondary N) is 2. The number of thiocarbonyl (C=S) groups is 1. The van der Waals surface area contributed by atoms with Crippen LogP contribution >= 0.6 is 12.2 Å². The van der Waals surface area contributed by atoms with Crippen LogP contribution < -0.4 is 24.8 Å². The fraction of sp³-hybridized carbons (Fsp3) is 0.278. The number of nitrogens with zero attached hydrogens (tertiary/aromatic N) is 1. The predicted octanol–water partition coefficient (Wildman–Crippen LogP) is 4.70. The molecular weight excluding hydrogens is 446 g/mol. The van der Waals surface area contributed by atoms with E-state index in [0.717, 1.165) is 18.2 Å². The lowest BCUT2D eigenvalue weighted by Gasteiger charge is -2.17. The molecule has 2 N–H and O–H groups in total. The van der Waals surface area contributed by atoms with E-state index in [-0.39, 0.29) is 10.8 Å². The Morgan fingerprint density at radius 2 is 1.55 bits per heavy atom. The Labute approximate surface area is 179 Å². The zero-order chi connectivity index (χ0) is 23.2. The minimum absolute atomic E-state index is 0.0110. The normalized spacial score (nSPS) is 11.1. The second-order valence-electron chi connectivity index (χ2n) is 6.00. The van der Waals surface area contributed by atoms with Crippen LogP contribution in [-0.4, -0.2) is 43.2 Å². The molecule has 8 nitrogen and oxygen atoms in total. The van der Waals surface area contributed by atoms with Crippen molar-refractivity contribution in [3.8, 4) is 17.2 Å². The zero-order valence-corrected chi connectivity index (χ0v) is 17.0. The Bertz CT molecular complexity index is 940. The molecule has 31 heavy (non-hydrogen) atoms. The van der Waals surface area contributed by atoms with Crippen molar-refractivity contribution in [1.29, 1.82) is 0 Å². The smallest absolute Gasteiger partial charge is 0.340 e. The molecule has 168 valence electrons. The molecule has 0 bridgehead atoms. The maximum absolute atomic E-state index is 13.1. The van der Waals surface area contributed by atoms with Gasteiger partial charge < -0.3 is 24.8 Å². The SMILES string of the molecule is COc1cc(NC(=S)Nc2cc(OCC(F)(F)C(F)F)cc([N+](=O)[O-])c2)cc(OC)c1. The molecule has 0 aliphatic rings. The average Bonchev–Trinajstić information content (AvgIpc) is 2.71. The average molecular weight is 463 g/mol. The van der Waals surface area contributed by atoms with Crippen molar-refractivity contribution < 1.29 is 36.7 Å². The van der Waals surface area contributed by atoms with Crippen molar-refractivity contribution in [3.05, 3.63) is 46.5 Å². The highest BCUT2D eigenvalue weighted by Crippen LogP contribution is 2.30. The van der Waals surface area contributed by atoms with Crippen molar-refractivity contribution in [2.75, 3.05) is 31.5 Å². The van der Waals surface area contributed by atoms with E-state index in [1.807, 2.05) is 0 Å². The van der Waals surface area contributed by atoms with Gasteiger partial charge >= 0.3 is 12.3 Å². The van der Waals surface area contributed by atoms with Gasteiger partial charge in [0, 0.05) is 36.0 Å². The molecule has 0 fully saturated rings. The summed E-state index contributed by atoms with van der Waals surface area (Å²) < 4.78 is 65.7. The van der Waals surface area contributed by atoms with E-state index in [4.69, 9.17) is 21.7 Å². The standard InChI is InChI=1S/C18H17F4N3O5S/c1-28-13-4-11(5-14(8-13)29-2)24-17(31)23-10-3-12(25(26)27)7-15(6-10)30-9-18(21,22)16(19)20/h3-8,16H,9H2,1-2H3,(H2,23,24,31). The molecule has 0 amide bonds. The molecule has 2 aromatic rings. The van der Waals surface area contributed by atoms with Gasteiger partial charge in [0.1, 0.15) is 17.2 Å². The highest BCUT2D eigenvalue weighted by molar-refractivity contribution is 7.80. The summed E-state index contributed by atoms with van der Waals surface area (Å²) in [5, 5.41) is 16.5. The van der Waals surface area contributed by atoms with Gasteiger partial charge in [-0.1, -0.05) is 0 Å². The molecule has 0 saturated heterocycles. The lowest BCUT2D eigenvalue weighted by molar-refractivity contribution is -0.384. The quantitative estimate of drug-likeness (QED) is 0.239. The summed E-state index contributed by atoms with van der Waals surface area (Å²) in [4.78, 5) is 10.3. The van der Waals surface area contributed by atoms with Gasteiger partial charge in [0.2, 0.25) is 0 Å². The van der Waals surface area contributed by atoms with Gasteiger partial charge in [0.25, 0.3) is 5.69 Å². The Kier molecular flexibility index (Phi) is 7.80. The third-order valence-electron chi connectivity index (χ3n) is 3.72. The van der Waals surface area contributed by atoms with Crippen molar-refractivity contribution in [1.82, 2.24) is 0 Å². The van der Waals surface area contributed by atoms with Crippen LogP contribution in [0, 0.1) is 10.1 Å². The largest absolute Gasteiger partial charge is 0.497 e. The van der Waals surface area contributed by atoms with Crippen LogP contribution in [-0.2, 0) is 0 Å². The Balaban J connectivity index is 2.19. The molecule has 0 aliphatic heterocycles. The first-order valence-electron chi connectivity index (χ1n) is 8.43. The van der Waals surface area contributed by atoms with Gasteiger partial charge in [-0.3, -0.25) is 10.1 Å². The fourth-order valence-electron chi connectivity index (χ4n) is 2.26. The first-order chi connectivity index (χ1) is 14.5. The van der Waals surface area contributed by atoms with Crippen LogP contribution in [0.25, 0.3) is 0 Å². The number of anilines is 2. The molecule has 0 aromatic heterocycles. The summed E-state index contributed by atoms with van der Waals surface area (Å²) in [6, 6.07) is 7.83. The van der Waals surface area contributed by atoms with Crippen LogP contribution in [0.2, 0.25) is 0 Å². The topological polar surface area (TPSA) is 94.9 Å². The van der Waals surface area contributed by atoms with Gasteiger partial charge in [-0.05, 0) is 12.2 Å². The van der Waals surface area contributed by atoms with Crippen LogP contribution in [0.15, 0.2) is 36.4 Å². The van der Waals surface area contributed by atoms with Crippen LogP contribution in [0.3, 0.4) is 0 Å². The Morgan fingerprint density at radius 1 is 1.03 bits per heavy atom. The van der Waals surface area contributed by atoms with Crippen LogP contribution in [0.1, 0.15) is 0 Å². The first-order valence-corrected chi connectivity index (χ1v) is 8.84. The molecule has 0 heterocycles. The van der Waals surface area contributed by atoms with Crippen molar-refractivity contribution >= 4 is 34.4 Å². The summed E-state index contributed by atoms with van der Waals surface area (Å²) in [6.07, 6.45) is -3.94. The molecule has 0 aliphatic carbocycles. The lowest BCUT2D eigenvalue weighted by Crippen LogP contribution is -2.33. The summed E-state index contributed by atoms with van der Waals surface area (Å²) in [5.74, 6) is -3.89. The molecule has 0 spiro atoms. The molecule has 13 heteroatoms. The molecule has 0 unspecified atom stereocenters. The Hall–Kier alpha value is -3.35. The molecule has 0 atom stereocenters. The number of methoxy groups -OCH3 is 2. The van der Waals surface area contributed by atoms with Crippen LogP contribution in [0.4, 0.5) is 34.6 Å². The van der Waals surface area contributed by atoms with Crippen molar-refractivity contribution in [2.45, 2.75) is 12.3 Å². The number of nitro groups is 1. The van der Waals surface area contributed by atoms with Gasteiger partial charge in [-0.15, -0.1) is 0 Å². The third-order valence-corrected chi connectivity index (χ3v) is 3.92. The number of non-ortho nitro benzene ring substituents is 1. The summed E-state index contributed by atoms with van der Waals surface area (Å²) in [6.45, 7) is -1.66. The van der Waals surface area contributed by atoms with E-state index in [2.05, 4.69) is 15.4 Å². The number of hydrogen-bond acceptors (Lipinski definition) is 6. The van der Waals surface area contributed by atoms with E-state index in [9.17, 15) is 27.7 Å². The van der Waals surface area contributed by atoms with Crippen molar-refractivity contribution in [2.24, 2.45) is 0 Å². The van der Waals surface area contributed by atoms with E-state index < -0.39 is 35.3 Å². The monoisotopic (exact) mass is 463 g/mol. The number of halogens is 4. The molecule has 2 aromatic carbocycles. The van der Waals surface area contributed by atoms with Gasteiger partial charge in [0.15, 0.2) is 11.7 Å². The minimum Gasteiger partial charge on any atom is -0.497 e. The molecule has 0 saturated carbocycles.